The minimum Gasteiger partial charge on any atom is -0.456 e. The van der Waals surface area contributed by atoms with E-state index in [0.29, 0.717) is 33.5 Å². The van der Waals surface area contributed by atoms with Gasteiger partial charge in [-0.3, -0.25) is 9.48 Å². The van der Waals surface area contributed by atoms with Crippen LogP contribution in [0.5, 0.6) is 0 Å². The molecule has 0 bridgehead atoms. The Morgan fingerprint density at radius 2 is 1.76 bits per heavy atom. The number of para-hydroxylation sites is 1. The first kappa shape index (κ1) is 28.9. The molecule has 5 aromatic rings. The largest absolute Gasteiger partial charge is 0.456 e. The molecule has 7 heteroatoms. The first-order valence-corrected chi connectivity index (χ1v) is 14.1. The van der Waals surface area contributed by atoms with Crippen LogP contribution in [0.4, 0.5) is 5.69 Å². The summed E-state index contributed by atoms with van der Waals surface area (Å²) < 4.78 is 14.0. The van der Waals surface area contributed by atoms with Gasteiger partial charge in [0.1, 0.15) is 16.9 Å². The lowest BCUT2D eigenvalue weighted by atomic mass is 9.98. The number of rotatable bonds is 7. The molecule has 7 nitrogen and oxygen atoms in total. The van der Waals surface area contributed by atoms with Gasteiger partial charge >= 0.3 is 5.97 Å². The monoisotopic (exact) mass is 563 g/mol. The van der Waals surface area contributed by atoms with Gasteiger partial charge in [0.15, 0.2) is 5.43 Å². The lowest BCUT2D eigenvalue weighted by Crippen LogP contribution is -2.24. The first-order valence-electron chi connectivity index (χ1n) is 14.1. The number of ether oxygens (including phenoxy) is 1. The third kappa shape index (κ3) is 6.15. The first-order chi connectivity index (χ1) is 19.9. The summed E-state index contributed by atoms with van der Waals surface area (Å²) in [4.78, 5) is 26.6. The number of carbonyl (C=O) groups excluding carboxylic acids is 1. The number of anilines is 1. The average molecular weight is 564 g/mol. The molecule has 42 heavy (non-hydrogen) atoms. The second-order valence-corrected chi connectivity index (χ2v) is 11.9. The topological polar surface area (TPSA) is 86.4 Å². The van der Waals surface area contributed by atoms with E-state index in [1.807, 2.05) is 103 Å². The number of carbonyl (C=O) groups is 1. The molecule has 216 valence electrons. The molecule has 0 spiro atoms. The van der Waals surface area contributed by atoms with Crippen LogP contribution in [0.25, 0.3) is 22.3 Å². The van der Waals surface area contributed by atoms with Crippen molar-refractivity contribution < 1.29 is 13.9 Å². The van der Waals surface area contributed by atoms with Crippen LogP contribution in [0.2, 0.25) is 0 Å². The maximum atomic E-state index is 13.6. The molecule has 0 fully saturated rings. The Morgan fingerprint density at radius 1 is 1.05 bits per heavy atom. The fourth-order valence-electron chi connectivity index (χ4n) is 5.17. The summed E-state index contributed by atoms with van der Waals surface area (Å²) in [6, 6.07) is 19.0. The molecule has 0 saturated heterocycles. The van der Waals surface area contributed by atoms with Crippen molar-refractivity contribution in [2.24, 2.45) is 7.05 Å². The number of aromatic nitrogens is 2. The van der Waals surface area contributed by atoms with E-state index in [1.54, 1.807) is 10.7 Å². The van der Waals surface area contributed by atoms with E-state index >= 15 is 0 Å². The molecule has 0 aliphatic carbocycles. The molecule has 3 aromatic carbocycles. The summed E-state index contributed by atoms with van der Waals surface area (Å²) in [6.45, 7) is 11.3. The summed E-state index contributed by atoms with van der Waals surface area (Å²) in [6.07, 6.45) is 4.64. The molecule has 0 radical (unpaired) electrons. The van der Waals surface area contributed by atoms with E-state index in [0.717, 1.165) is 34.2 Å². The zero-order valence-corrected chi connectivity index (χ0v) is 25.2. The predicted molar refractivity (Wildman–Crippen MR) is 167 cm³/mol. The normalized spacial score (nSPS) is 12.4. The summed E-state index contributed by atoms with van der Waals surface area (Å²) in [5.74, 6) is 0.148. The van der Waals surface area contributed by atoms with Gasteiger partial charge in [-0.25, -0.2) is 4.79 Å². The van der Waals surface area contributed by atoms with Crippen LogP contribution in [0.3, 0.4) is 0 Å². The Morgan fingerprint density at radius 3 is 2.43 bits per heavy atom. The van der Waals surface area contributed by atoms with Gasteiger partial charge in [0.25, 0.3) is 0 Å². The molecule has 0 aliphatic rings. The number of nitrogens with one attached hydrogen (secondary N) is 1. The van der Waals surface area contributed by atoms with E-state index in [-0.39, 0.29) is 11.5 Å². The van der Waals surface area contributed by atoms with Crippen molar-refractivity contribution in [3.05, 3.63) is 117 Å². The fraction of sp³-hybridized carbons (Fsp3) is 0.286. The minimum atomic E-state index is -0.614. The lowest BCUT2D eigenvalue weighted by Gasteiger charge is -2.23. The highest BCUT2D eigenvalue weighted by Gasteiger charge is 2.23. The zero-order valence-electron chi connectivity index (χ0n) is 25.2. The molecule has 2 aromatic heterocycles. The number of esters is 1. The molecule has 5 rings (SSSR count). The quantitative estimate of drug-likeness (QED) is 0.206. The van der Waals surface area contributed by atoms with Crippen LogP contribution in [-0.4, -0.2) is 21.4 Å². The van der Waals surface area contributed by atoms with Crippen LogP contribution < -0.4 is 10.7 Å². The Balaban J connectivity index is 1.52. The zero-order chi connectivity index (χ0) is 30.2. The third-order valence-corrected chi connectivity index (χ3v) is 7.16. The van der Waals surface area contributed by atoms with Crippen LogP contribution in [0, 0.1) is 13.8 Å². The summed E-state index contributed by atoms with van der Waals surface area (Å²) in [5.41, 5.74) is 6.40. The standard InChI is InChI=1S/C35H37N3O4/c1-21-16-28(23(3)37-30-11-9-8-10-27(30)34(40)42-35(4,5)6)33-29(17-21)31(39)22(2)32(41-33)26-14-12-24(13-15-26)18-25-19-36-38(7)20-25/h8-17,19-20,23,37H,18H2,1-7H3/t23-/m1/s1. The van der Waals surface area contributed by atoms with Gasteiger partial charge in [-0.15, -0.1) is 0 Å². The van der Waals surface area contributed by atoms with Crippen molar-refractivity contribution >= 4 is 22.6 Å². The molecule has 1 atom stereocenters. The Kier molecular flexibility index (Phi) is 7.78. The molecule has 2 heterocycles. The maximum absolute atomic E-state index is 13.6. The molecule has 0 amide bonds. The van der Waals surface area contributed by atoms with E-state index in [2.05, 4.69) is 22.5 Å². The number of aryl methyl sites for hydroxylation is 2. The van der Waals surface area contributed by atoms with Crippen LogP contribution in [-0.2, 0) is 18.2 Å². The number of hydrogen-bond acceptors (Lipinski definition) is 6. The van der Waals surface area contributed by atoms with Crippen LogP contribution in [0.15, 0.2) is 82.3 Å². The molecular formula is C35H37N3O4. The molecule has 1 N–H and O–H groups in total. The highest BCUT2D eigenvalue weighted by atomic mass is 16.6. The van der Waals surface area contributed by atoms with Crippen LogP contribution >= 0.6 is 0 Å². The lowest BCUT2D eigenvalue weighted by molar-refractivity contribution is 0.00706. The smallest absolute Gasteiger partial charge is 0.340 e. The van der Waals surface area contributed by atoms with Crippen molar-refractivity contribution in [3.63, 3.8) is 0 Å². The van der Waals surface area contributed by atoms with Crippen molar-refractivity contribution in [2.75, 3.05) is 5.32 Å². The number of benzene rings is 3. The van der Waals surface area contributed by atoms with E-state index in [9.17, 15) is 9.59 Å². The van der Waals surface area contributed by atoms with Gasteiger partial charge in [-0.1, -0.05) is 42.5 Å². The van der Waals surface area contributed by atoms with Crippen LogP contribution in [0.1, 0.15) is 71.9 Å². The molecule has 0 aliphatic heterocycles. The molecule has 0 unspecified atom stereocenters. The minimum absolute atomic E-state index is 0.0583. The Hall–Kier alpha value is -4.65. The third-order valence-electron chi connectivity index (χ3n) is 7.16. The number of fused-ring (bicyclic) bond motifs is 1. The van der Waals surface area contributed by atoms with Gasteiger partial charge in [-0.2, -0.15) is 5.10 Å². The summed E-state index contributed by atoms with van der Waals surface area (Å²) in [7, 11) is 1.91. The van der Waals surface area contributed by atoms with Crippen molar-refractivity contribution in [3.8, 4) is 11.3 Å². The van der Waals surface area contributed by atoms with E-state index in [1.165, 1.54) is 0 Å². The SMILES string of the molecule is Cc1cc([C@@H](C)Nc2ccccc2C(=O)OC(C)(C)C)c2oc(-c3ccc(Cc4cnn(C)c4)cc3)c(C)c(=O)c2c1. The summed E-state index contributed by atoms with van der Waals surface area (Å²) in [5, 5.41) is 8.25. The van der Waals surface area contributed by atoms with Gasteiger partial charge in [0.2, 0.25) is 0 Å². The molecule has 0 saturated carbocycles. The second-order valence-electron chi connectivity index (χ2n) is 11.9. The Labute approximate surface area is 246 Å². The van der Waals surface area contributed by atoms with Crippen molar-refractivity contribution in [1.82, 2.24) is 9.78 Å². The van der Waals surface area contributed by atoms with Gasteiger partial charge in [-0.05, 0) is 76.4 Å². The average Bonchev–Trinajstić information content (AvgIpc) is 3.34. The highest BCUT2D eigenvalue weighted by Crippen LogP contribution is 2.33. The number of nitrogens with zero attached hydrogens (tertiary/aromatic N) is 2. The summed E-state index contributed by atoms with van der Waals surface area (Å²) >= 11 is 0. The second kappa shape index (κ2) is 11.3. The molecular weight excluding hydrogens is 526 g/mol. The highest BCUT2D eigenvalue weighted by molar-refractivity contribution is 5.96. The van der Waals surface area contributed by atoms with Crippen molar-refractivity contribution in [1.29, 1.82) is 0 Å². The Bertz CT molecular complexity index is 1820. The fourth-order valence-corrected chi connectivity index (χ4v) is 5.17. The van der Waals surface area contributed by atoms with Gasteiger partial charge in [0.05, 0.1) is 23.2 Å². The van der Waals surface area contributed by atoms with Crippen molar-refractivity contribution in [2.45, 2.75) is 59.6 Å². The predicted octanol–water partition coefficient (Wildman–Crippen LogP) is 7.53. The maximum Gasteiger partial charge on any atom is 0.340 e. The van der Waals surface area contributed by atoms with Gasteiger partial charge in [0, 0.05) is 42.0 Å². The van der Waals surface area contributed by atoms with E-state index in [4.69, 9.17) is 9.15 Å². The van der Waals surface area contributed by atoms with Gasteiger partial charge < -0.3 is 14.5 Å². The number of hydrogen-bond donors (Lipinski definition) is 1. The van der Waals surface area contributed by atoms with E-state index < -0.39 is 11.6 Å².